The van der Waals surface area contributed by atoms with Crippen molar-refractivity contribution in [3.63, 3.8) is 0 Å². The number of aromatic hydroxyl groups is 2. The van der Waals surface area contributed by atoms with Gasteiger partial charge in [0.05, 0.1) is 26.4 Å². The van der Waals surface area contributed by atoms with Crippen molar-refractivity contribution in [2.45, 2.75) is 209 Å². The van der Waals surface area contributed by atoms with Gasteiger partial charge >= 0.3 is 5.97 Å². The Morgan fingerprint density at radius 3 is 0.904 bits per heavy atom. The Labute approximate surface area is 666 Å². The molecule has 0 aliphatic heterocycles. The Hall–Kier alpha value is -11.1. The molecule has 12 atom stereocenters. The van der Waals surface area contributed by atoms with E-state index in [1.165, 1.54) is 69.3 Å². The number of carboxylic acids is 1. The lowest BCUT2D eigenvalue weighted by molar-refractivity contribution is -0.142. The first-order valence-corrected chi connectivity index (χ1v) is 38.1. The van der Waals surface area contributed by atoms with Crippen molar-refractivity contribution in [3.8, 4) is 11.5 Å². The normalized spacial score (nSPS) is 14.1. The maximum atomic E-state index is 14.9. The summed E-state index contributed by atoms with van der Waals surface area (Å²) in [6, 6.07) is -8.06. The third kappa shape index (κ3) is 40.0. The summed E-state index contributed by atoms with van der Waals surface area (Å²) in [4.78, 5) is 193. The van der Waals surface area contributed by atoms with Gasteiger partial charge in [-0.15, -0.1) is 0 Å². The maximum Gasteiger partial charge on any atom is 0.326 e. The molecule has 13 amide bonds. The summed E-state index contributed by atoms with van der Waals surface area (Å²) in [5.41, 5.74) is 34.5. The second-order valence-corrected chi connectivity index (χ2v) is 27.6. The van der Waals surface area contributed by atoms with Gasteiger partial charge in [0, 0.05) is 32.9 Å². The first-order chi connectivity index (χ1) is 54.6. The van der Waals surface area contributed by atoms with Crippen LogP contribution in [0.2, 0.25) is 0 Å². The standard InChI is InChI=1S/C72H121N23O20/c1-40(2)58(69(113)83-36-57(102)85-51(70(114)115)17-7-11-31-76)95-68(112)56(39-98)93-63(107)48(16-6-10-30-75)89-66(110)54(37-96)94-65(109)53(35-43-22-26-45(101)27-23-43)90-62(106)50(19-13-33-82-72(79)80)87-60(104)47(15-5-9-29-74)86-61(105)49(18-12-32-81-71(77)78)88-64(108)52(34-42-20-24-44(100)25-21-42)91-67(111)55(38-97)92-59(103)46(84-41(3)99)14-4-8-28-73/h20-27,40,46-56,58,96-98,100-101H,4-19,28-39,73-76H2,1-3H3,(H,83,113)(H,84,99)(H,85,102)(H,86,105)(H,87,104)(H,88,108)(H,89,110)(H,90,106)(H,91,111)(H,92,103)(H,93,107)(H,94,109)(H,95,112)(H,114,115)(H4,77,78,81)(H4,79,80,82)/t46-,47-,48-,49-,50-,51-,52-,53-,54-,55-,56-,58-/m0/s1. The van der Waals surface area contributed by atoms with E-state index in [0.717, 1.165) is 0 Å². The molecular weight excluding hydrogens is 1510 g/mol. The van der Waals surface area contributed by atoms with Crippen LogP contribution in [0.1, 0.15) is 135 Å². The summed E-state index contributed by atoms with van der Waals surface area (Å²) in [6.07, 6.45) is 1.36. The van der Waals surface area contributed by atoms with Gasteiger partial charge in [0.2, 0.25) is 76.8 Å². The number of aliphatic hydroxyl groups excluding tert-OH is 3. The van der Waals surface area contributed by atoms with E-state index in [9.17, 15) is 97.8 Å². The molecule has 0 unspecified atom stereocenters. The minimum absolute atomic E-state index is 0.0109. The number of hydrogen-bond acceptors (Lipinski definition) is 25. The van der Waals surface area contributed by atoms with E-state index in [1.54, 1.807) is 0 Å². The summed E-state index contributed by atoms with van der Waals surface area (Å²) in [5, 5.41) is 114. The predicted octanol–water partition coefficient (Wildman–Crippen LogP) is -8.40. The van der Waals surface area contributed by atoms with Crippen LogP contribution < -0.4 is 114 Å². The molecule has 115 heavy (non-hydrogen) atoms. The number of carbonyl (C=O) groups excluding carboxylic acids is 13. The molecule has 0 aliphatic rings. The van der Waals surface area contributed by atoms with Gasteiger partial charge in [0.1, 0.15) is 84.0 Å². The molecule has 43 heteroatoms. The molecule has 2 rings (SSSR count). The molecule has 0 aliphatic carbocycles. The maximum absolute atomic E-state index is 14.9. The average Bonchev–Trinajstić information content (AvgIpc) is 0.852. The van der Waals surface area contributed by atoms with Crippen LogP contribution in [0.15, 0.2) is 48.5 Å². The van der Waals surface area contributed by atoms with Crippen molar-refractivity contribution in [2.75, 3.05) is 65.6 Å². The second-order valence-electron chi connectivity index (χ2n) is 27.6. The predicted molar refractivity (Wildman–Crippen MR) is 419 cm³/mol. The van der Waals surface area contributed by atoms with Crippen LogP contribution >= 0.6 is 0 Å². The largest absolute Gasteiger partial charge is 0.508 e. The molecule has 0 spiro atoms. The van der Waals surface area contributed by atoms with Gasteiger partial charge in [-0.05, 0) is 170 Å². The van der Waals surface area contributed by atoms with Crippen molar-refractivity contribution in [1.82, 2.24) is 79.8 Å². The van der Waals surface area contributed by atoms with Crippen LogP contribution in [-0.4, -0.2) is 263 Å². The SMILES string of the molecule is CC(=O)N[C@@H](CCCCN)C(=O)N[C@@H](CO)C(=O)N[C@@H](Cc1ccc(O)cc1)C(=O)N[C@@H](CCCNC(=N)N)C(=O)N[C@@H](CCCCN)C(=O)N[C@@H](CCCNC(=N)N)C(=O)N[C@@H](Cc1ccc(O)cc1)C(=O)N[C@@H](CO)C(=O)N[C@@H](CCCCN)C(=O)N[C@@H](CO)C(=O)N[C@H](C(=O)NCC(=O)N[C@@H](CCCCN)C(=O)O)C(C)C. The number of rotatable bonds is 58. The number of guanidine groups is 2. The number of carboxylic acid groups (broad SMARTS) is 1. The number of hydrogen-bond donors (Lipinski definition) is 29. The Morgan fingerprint density at radius 1 is 0.348 bits per heavy atom. The number of benzene rings is 2. The van der Waals surface area contributed by atoms with E-state index >= 15 is 0 Å². The smallest absolute Gasteiger partial charge is 0.326 e. The second kappa shape index (κ2) is 55.4. The van der Waals surface area contributed by atoms with Gasteiger partial charge in [-0.1, -0.05) is 38.1 Å². The molecule has 0 heterocycles. The summed E-state index contributed by atoms with van der Waals surface area (Å²) in [7, 11) is 0. The summed E-state index contributed by atoms with van der Waals surface area (Å²) in [5.74, 6) is -16.0. The van der Waals surface area contributed by atoms with Crippen molar-refractivity contribution in [2.24, 2.45) is 40.3 Å². The lowest BCUT2D eigenvalue weighted by Gasteiger charge is -2.28. The monoisotopic (exact) mass is 1630 g/mol. The number of aliphatic carboxylic acids is 1. The van der Waals surface area contributed by atoms with Gasteiger partial charge in [0.25, 0.3) is 0 Å². The van der Waals surface area contributed by atoms with E-state index in [4.69, 9.17) is 45.2 Å². The summed E-state index contributed by atoms with van der Waals surface area (Å²) < 4.78 is 0. The number of aliphatic hydroxyl groups is 3. The summed E-state index contributed by atoms with van der Waals surface area (Å²) in [6.45, 7) is 1.11. The van der Waals surface area contributed by atoms with Crippen LogP contribution in [-0.2, 0) is 80.0 Å². The third-order valence-electron chi connectivity index (χ3n) is 17.8. The highest BCUT2D eigenvalue weighted by atomic mass is 16.4. The average molecular weight is 1630 g/mol. The Bertz CT molecular complexity index is 3470. The zero-order valence-electron chi connectivity index (χ0n) is 65.3. The van der Waals surface area contributed by atoms with Crippen molar-refractivity contribution >= 4 is 94.7 Å². The lowest BCUT2D eigenvalue weighted by Crippen LogP contribution is -2.62. The molecule has 0 saturated carbocycles. The zero-order chi connectivity index (χ0) is 86.1. The quantitative estimate of drug-likeness (QED) is 0.0166. The van der Waals surface area contributed by atoms with Crippen molar-refractivity contribution < 1.29 is 97.8 Å². The molecule has 0 aromatic heterocycles. The molecule has 2 aromatic rings. The number of amides is 13. The van der Waals surface area contributed by atoms with Crippen LogP contribution in [0.5, 0.6) is 11.5 Å². The van der Waals surface area contributed by atoms with E-state index in [1.807, 2.05) is 0 Å². The minimum Gasteiger partial charge on any atom is -0.508 e. The lowest BCUT2D eigenvalue weighted by atomic mass is 10.0. The topological polar surface area (TPSA) is 745 Å². The highest BCUT2D eigenvalue weighted by Crippen LogP contribution is 2.16. The van der Waals surface area contributed by atoms with E-state index in [2.05, 4.69) is 79.8 Å². The van der Waals surface area contributed by atoms with Crippen LogP contribution in [0.4, 0.5) is 0 Å². The van der Waals surface area contributed by atoms with Crippen molar-refractivity contribution in [1.29, 1.82) is 10.8 Å². The van der Waals surface area contributed by atoms with Gasteiger partial charge < -0.3 is 145 Å². The number of phenols is 2. The number of carbonyl (C=O) groups is 14. The fraction of sp³-hybridized carbons (Fsp3) is 0.611. The third-order valence-corrected chi connectivity index (χ3v) is 17.8. The first kappa shape index (κ1) is 100.0. The van der Waals surface area contributed by atoms with E-state index in [0.29, 0.717) is 56.2 Å². The highest BCUT2D eigenvalue weighted by molar-refractivity contribution is 6.00. The molecule has 0 radical (unpaired) electrons. The molecule has 0 bridgehead atoms. The minimum atomic E-state index is -1.91. The number of phenolic OH excluding ortho intramolecular Hbond substituents is 2. The Kier molecular flexibility index (Phi) is 48.1. The van der Waals surface area contributed by atoms with Gasteiger partial charge in [-0.3, -0.25) is 73.1 Å². The van der Waals surface area contributed by atoms with Gasteiger partial charge in [-0.2, -0.15) is 0 Å². The molecule has 35 N–H and O–H groups in total. The van der Waals surface area contributed by atoms with Crippen LogP contribution in [0.25, 0.3) is 0 Å². The fourth-order valence-electron chi connectivity index (χ4n) is 11.4. The Morgan fingerprint density at radius 2 is 0.617 bits per heavy atom. The molecular formula is C72H121N23O20. The van der Waals surface area contributed by atoms with Crippen LogP contribution in [0, 0.1) is 16.7 Å². The van der Waals surface area contributed by atoms with Gasteiger partial charge in [0.15, 0.2) is 11.9 Å². The molecule has 0 saturated heterocycles. The van der Waals surface area contributed by atoms with Gasteiger partial charge in [-0.25, -0.2) is 4.79 Å². The molecule has 43 nitrogen and oxygen atoms in total. The molecule has 2 aromatic carbocycles. The molecule has 644 valence electrons. The number of nitrogens with one attached hydrogen (secondary N) is 17. The highest BCUT2D eigenvalue weighted by Gasteiger charge is 2.38. The molecule has 0 fully saturated rings. The fourth-order valence-corrected chi connectivity index (χ4v) is 11.4. The number of nitrogens with two attached hydrogens (primary N) is 6. The number of unbranched alkanes of at least 4 members (excludes halogenated alkanes) is 4. The first-order valence-electron chi connectivity index (χ1n) is 38.1. The van der Waals surface area contributed by atoms with E-state index in [-0.39, 0.29) is 115 Å². The summed E-state index contributed by atoms with van der Waals surface area (Å²) >= 11 is 0. The van der Waals surface area contributed by atoms with E-state index < -0.39 is 206 Å². The zero-order valence-corrected chi connectivity index (χ0v) is 65.3. The van der Waals surface area contributed by atoms with Crippen LogP contribution in [0.3, 0.4) is 0 Å². The van der Waals surface area contributed by atoms with Crippen molar-refractivity contribution in [3.05, 3.63) is 59.7 Å². The Balaban J connectivity index is 2.61.